The number of nitrogens with zero attached hydrogens (tertiary/aromatic N) is 1. The molecule has 0 heterocycles. The maximum absolute atomic E-state index is 9.46. The predicted octanol–water partition coefficient (Wildman–Crippen LogP) is 0.616. The van der Waals surface area contributed by atoms with Crippen molar-refractivity contribution < 1.29 is 4.79 Å². The Bertz CT molecular complexity index is 71.9. The zero-order valence-electron chi connectivity index (χ0n) is 2.64. The fourth-order valence-corrected chi connectivity index (χ4v) is 0.0518. The SMILES string of the molecule is O=NC(=O)NCl. The summed E-state index contributed by atoms with van der Waals surface area (Å²) in [5.41, 5.74) is 0. The van der Waals surface area contributed by atoms with Crippen molar-refractivity contribution in [1.82, 2.24) is 4.84 Å². The maximum atomic E-state index is 9.46. The summed E-state index contributed by atoms with van der Waals surface area (Å²) in [5.74, 6) is 0. The lowest BCUT2D eigenvalue weighted by Gasteiger charge is -1.73. The van der Waals surface area contributed by atoms with E-state index in [4.69, 9.17) is 4.91 Å². The second kappa shape index (κ2) is 2.59. The molecule has 0 aliphatic heterocycles. The van der Waals surface area contributed by atoms with E-state index in [0.717, 1.165) is 0 Å². The lowest BCUT2D eigenvalue weighted by molar-refractivity contribution is 0.254. The summed E-state index contributed by atoms with van der Waals surface area (Å²) in [4.78, 5) is 19.9. The second-order valence-corrected chi connectivity index (χ2v) is 0.680. The van der Waals surface area contributed by atoms with Gasteiger partial charge in [0.1, 0.15) is 0 Å². The normalized spacial score (nSPS) is 6.83. The third-order valence-electron chi connectivity index (χ3n) is 0.164. The summed E-state index contributed by atoms with van der Waals surface area (Å²) in [6.07, 6.45) is 0. The maximum Gasteiger partial charge on any atom is 0.392 e. The van der Waals surface area contributed by atoms with Gasteiger partial charge < -0.3 is 0 Å². The first kappa shape index (κ1) is 5.36. The quantitative estimate of drug-likeness (QED) is 0.365. The fraction of sp³-hybridized carbons (Fsp3) is 0. The van der Waals surface area contributed by atoms with Crippen LogP contribution in [0.2, 0.25) is 0 Å². The second-order valence-electron chi connectivity index (χ2n) is 0.491. The molecule has 0 rings (SSSR count). The minimum atomic E-state index is -1.07. The van der Waals surface area contributed by atoms with Gasteiger partial charge >= 0.3 is 6.03 Å². The van der Waals surface area contributed by atoms with Crippen LogP contribution in [0.3, 0.4) is 0 Å². The molecular formula is CHClN2O2. The molecule has 0 fully saturated rings. The topological polar surface area (TPSA) is 58.5 Å². The molecule has 1 N–H and O–H groups in total. The van der Waals surface area contributed by atoms with Crippen LogP contribution in [0, 0.1) is 4.91 Å². The van der Waals surface area contributed by atoms with E-state index in [0.29, 0.717) is 0 Å². The zero-order chi connectivity index (χ0) is 4.99. The third kappa shape index (κ3) is 1.66. The van der Waals surface area contributed by atoms with Crippen molar-refractivity contribution in [3.8, 4) is 0 Å². The summed E-state index contributed by atoms with van der Waals surface area (Å²) < 4.78 is 0. The molecule has 5 heteroatoms. The third-order valence-corrected chi connectivity index (χ3v) is 0.325. The van der Waals surface area contributed by atoms with Gasteiger partial charge in [-0.15, -0.1) is 4.91 Å². The van der Waals surface area contributed by atoms with Crippen LogP contribution < -0.4 is 4.84 Å². The average Bonchev–Trinajstić information content (AvgIpc) is 1.65. The van der Waals surface area contributed by atoms with Crippen LogP contribution in [0.15, 0.2) is 5.18 Å². The van der Waals surface area contributed by atoms with Gasteiger partial charge in [-0.05, 0) is 0 Å². The van der Waals surface area contributed by atoms with E-state index < -0.39 is 6.03 Å². The fourth-order valence-electron chi connectivity index (χ4n) is 0.0173. The van der Waals surface area contributed by atoms with Gasteiger partial charge in [-0.3, -0.25) is 0 Å². The Morgan fingerprint density at radius 3 is 2.33 bits per heavy atom. The highest BCUT2D eigenvalue weighted by Gasteiger charge is 1.88. The van der Waals surface area contributed by atoms with Crippen molar-refractivity contribution >= 4 is 17.8 Å². The van der Waals surface area contributed by atoms with Gasteiger partial charge in [0.2, 0.25) is 0 Å². The van der Waals surface area contributed by atoms with Crippen molar-refractivity contribution in [2.45, 2.75) is 0 Å². The summed E-state index contributed by atoms with van der Waals surface area (Å²) in [6.45, 7) is 0. The van der Waals surface area contributed by atoms with E-state index in [1.54, 1.807) is 0 Å². The predicted molar refractivity (Wildman–Crippen MR) is 20.2 cm³/mol. The van der Waals surface area contributed by atoms with Crippen LogP contribution in [-0.4, -0.2) is 6.03 Å². The van der Waals surface area contributed by atoms with Crippen molar-refractivity contribution in [2.24, 2.45) is 5.18 Å². The molecule has 0 saturated heterocycles. The summed E-state index contributed by atoms with van der Waals surface area (Å²) in [7, 11) is 0. The molecule has 0 unspecified atom stereocenters. The molecule has 0 aromatic carbocycles. The number of halogens is 1. The molecule has 0 saturated carbocycles. The molecule has 0 bridgehead atoms. The van der Waals surface area contributed by atoms with E-state index in [2.05, 4.69) is 11.8 Å². The summed E-state index contributed by atoms with van der Waals surface area (Å²) in [5, 5.41) is 1.88. The number of carbonyl (C=O) groups is 1. The molecule has 0 atom stereocenters. The van der Waals surface area contributed by atoms with Crippen LogP contribution in [0.4, 0.5) is 4.79 Å². The van der Waals surface area contributed by atoms with Crippen molar-refractivity contribution in [3.05, 3.63) is 4.91 Å². The first-order valence-electron chi connectivity index (χ1n) is 1.05. The first-order chi connectivity index (χ1) is 2.81. The van der Waals surface area contributed by atoms with Crippen molar-refractivity contribution in [2.75, 3.05) is 0 Å². The molecular weight excluding hydrogens is 107 g/mol. The molecule has 0 radical (unpaired) electrons. The monoisotopic (exact) mass is 108 g/mol. The van der Waals surface area contributed by atoms with Gasteiger partial charge in [-0.2, -0.15) is 0 Å². The summed E-state index contributed by atoms with van der Waals surface area (Å²) in [6, 6.07) is -1.07. The number of urea groups is 1. The smallest absolute Gasteiger partial charge is 0.246 e. The number of carbonyl (C=O) groups excluding carboxylic acids is 1. The zero-order valence-corrected chi connectivity index (χ0v) is 3.40. The van der Waals surface area contributed by atoms with Gasteiger partial charge in [0.25, 0.3) is 0 Å². The van der Waals surface area contributed by atoms with Crippen LogP contribution in [0.5, 0.6) is 0 Å². The minimum Gasteiger partial charge on any atom is -0.246 e. The molecule has 6 heavy (non-hydrogen) atoms. The molecule has 2 amide bonds. The van der Waals surface area contributed by atoms with Gasteiger partial charge in [-0.1, -0.05) is 0 Å². The Labute approximate surface area is 38.6 Å². The lowest BCUT2D eigenvalue weighted by atomic mass is 11.2. The highest BCUT2D eigenvalue weighted by atomic mass is 35.5. The molecule has 0 aliphatic carbocycles. The molecule has 0 aromatic heterocycles. The Kier molecular flexibility index (Phi) is 2.31. The number of amides is 2. The number of hydrogen-bond donors (Lipinski definition) is 1. The van der Waals surface area contributed by atoms with Crippen LogP contribution in [0.1, 0.15) is 0 Å². The van der Waals surface area contributed by atoms with Crippen molar-refractivity contribution in [3.63, 3.8) is 0 Å². The van der Waals surface area contributed by atoms with Crippen LogP contribution in [-0.2, 0) is 0 Å². The number of nitroso groups, excluding NO2 is 1. The standard InChI is InChI=1S/CHClN2O2/c2-3-1(5)4-6/h(H,3,5). The minimum absolute atomic E-state index is 1.07. The average molecular weight is 108 g/mol. The van der Waals surface area contributed by atoms with E-state index in [1.807, 2.05) is 5.18 Å². The molecule has 0 aromatic rings. The van der Waals surface area contributed by atoms with E-state index in [-0.39, 0.29) is 0 Å². The molecule has 34 valence electrons. The largest absolute Gasteiger partial charge is 0.392 e. The number of rotatable bonds is 0. The molecule has 0 aliphatic rings. The lowest BCUT2D eigenvalue weighted by Crippen LogP contribution is -2.03. The molecule has 0 spiro atoms. The van der Waals surface area contributed by atoms with Crippen LogP contribution >= 0.6 is 11.8 Å². The van der Waals surface area contributed by atoms with E-state index >= 15 is 0 Å². The Morgan fingerprint density at radius 2 is 2.33 bits per heavy atom. The van der Waals surface area contributed by atoms with Gasteiger partial charge in [0.15, 0.2) is 0 Å². The van der Waals surface area contributed by atoms with Gasteiger partial charge in [-0.25, -0.2) is 9.63 Å². The number of hydrogen-bond acceptors (Lipinski definition) is 2. The van der Waals surface area contributed by atoms with E-state index in [1.165, 1.54) is 4.84 Å². The highest BCUT2D eigenvalue weighted by molar-refractivity contribution is 6.21. The van der Waals surface area contributed by atoms with Gasteiger partial charge in [0, 0.05) is 17.0 Å². The Hall–Kier alpha value is -0.640. The Morgan fingerprint density at radius 1 is 1.83 bits per heavy atom. The summed E-state index contributed by atoms with van der Waals surface area (Å²) >= 11 is 4.56. The van der Waals surface area contributed by atoms with E-state index in [9.17, 15) is 4.79 Å². The Balaban J connectivity index is 3.23. The molecule has 4 nitrogen and oxygen atoms in total. The van der Waals surface area contributed by atoms with Gasteiger partial charge in [0.05, 0.1) is 0 Å². The number of nitrogens with one attached hydrogen (secondary N) is 1. The van der Waals surface area contributed by atoms with Crippen LogP contribution in [0.25, 0.3) is 0 Å². The highest BCUT2D eigenvalue weighted by Crippen LogP contribution is 1.69. The first-order valence-corrected chi connectivity index (χ1v) is 1.43. The van der Waals surface area contributed by atoms with Crippen molar-refractivity contribution in [1.29, 1.82) is 0 Å².